The number of aromatic amines is 1. The quantitative estimate of drug-likeness (QED) is 0.207. The van der Waals surface area contributed by atoms with Crippen LogP contribution < -0.4 is 9.03 Å². The fourth-order valence-electron chi connectivity index (χ4n) is 5.05. The molecule has 1 aliphatic rings. The highest BCUT2D eigenvalue weighted by Gasteiger charge is 2.34. The minimum Gasteiger partial charge on any atom is -0.337 e. The van der Waals surface area contributed by atoms with Gasteiger partial charge in [-0.1, -0.05) is 105 Å². The molecule has 5 aromatic rings. The minimum atomic E-state index is -3.91. The average Bonchev–Trinajstić information content (AvgIpc) is 3.52. The van der Waals surface area contributed by atoms with Crippen molar-refractivity contribution in [1.29, 1.82) is 0 Å². The molecule has 0 atom stereocenters. The van der Waals surface area contributed by atoms with E-state index in [4.69, 9.17) is 28.2 Å². The molecule has 1 aromatic heterocycles. The summed E-state index contributed by atoms with van der Waals surface area (Å²) in [6.07, 6.45) is 0. The third kappa shape index (κ3) is 5.78. The van der Waals surface area contributed by atoms with Crippen LogP contribution in [0.4, 0.5) is 5.69 Å². The average molecular weight is 632 g/mol. The number of amides is 1. The first kappa shape index (κ1) is 29.0. The lowest BCUT2D eigenvalue weighted by Gasteiger charge is -2.19. The van der Waals surface area contributed by atoms with Crippen molar-refractivity contribution in [2.75, 3.05) is 10.8 Å². The maximum Gasteiger partial charge on any atom is 0.326 e. The van der Waals surface area contributed by atoms with Crippen LogP contribution in [0.3, 0.4) is 0 Å². The second kappa shape index (κ2) is 10.9. The first-order valence-corrected chi connectivity index (χ1v) is 15.8. The number of nitrogens with zero attached hydrogens (tertiary/aromatic N) is 2. The molecular formula is C33H28Cl2N4O3S. The van der Waals surface area contributed by atoms with Gasteiger partial charge in [-0.25, -0.2) is 14.0 Å². The first-order chi connectivity index (χ1) is 20.4. The van der Waals surface area contributed by atoms with Gasteiger partial charge in [0, 0.05) is 21.7 Å². The van der Waals surface area contributed by atoms with E-state index >= 15 is 0 Å². The van der Waals surface area contributed by atoms with Gasteiger partial charge in [0.15, 0.2) is 0 Å². The second-order valence-electron chi connectivity index (χ2n) is 11.4. The largest absolute Gasteiger partial charge is 0.337 e. The predicted octanol–water partition coefficient (Wildman–Crippen LogP) is 7.86. The summed E-state index contributed by atoms with van der Waals surface area (Å²) >= 11 is 12.8. The number of halogens is 2. The van der Waals surface area contributed by atoms with E-state index in [0.717, 1.165) is 32.1 Å². The Hall–Kier alpha value is -4.11. The zero-order valence-electron chi connectivity index (χ0n) is 23.7. The van der Waals surface area contributed by atoms with Crippen LogP contribution in [-0.4, -0.2) is 30.8 Å². The van der Waals surface area contributed by atoms with Gasteiger partial charge in [-0.3, -0.25) is 4.79 Å². The Morgan fingerprint density at radius 1 is 0.791 bits per heavy atom. The molecule has 0 unspecified atom stereocenters. The van der Waals surface area contributed by atoms with Crippen molar-refractivity contribution < 1.29 is 13.2 Å². The maximum absolute atomic E-state index is 12.3. The van der Waals surface area contributed by atoms with Crippen LogP contribution in [0.1, 0.15) is 26.3 Å². The summed E-state index contributed by atoms with van der Waals surface area (Å²) in [6, 6.07) is 28.9. The van der Waals surface area contributed by atoms with Crippen molar-refractivity contribution in [1.82, 2.24) is 14.7 Å². The van der Waals surface area contributed by atoms with E-state index in [-0.39, 0.29) is 12.0 Å². The molecule has 43 heavy (non-hydrogen) atoms. The summed E-state index contributed by atoms with van der Waals surface area (Å²) in [5.41, 5.74) is 7.63. The topological polar surface area (TPSA) is 95.2 Å². The van der Waals surface area contributed by atoms with Gasteiger partial charge < -0.3 is 4.98 Å². The second-order valence-corrected chi connectivity index (χ2v) is 13.9. The van der Waals surface area contributed by atoms with Crippen LogP contribution >= 0.6 is 23.2 Å². The van der Waals surface area contributed by atoms with Gasteiger partial charge in [0.25, 0.3) is 5.91 Å². The Bertz CT molecular complexity index is 1950. The fourth-order valence-corrected chi connectivity index (χ4v) is 6.70. The van der Waals surface area contributed by atoms with Crippen LogP contribution in [0, 0.1) is 0 Å². The summed E-state index contributed by atoms with van der Waals surface area (Å²) in [6.45, 7) is 6.33. The number of aromatic nitrogens is 2. The molecule has 1 aliphatic heterocycles. The van der Waals surface area contributed by atoms with E-state index in [0.29, 0.717) is 32.9 Å². The molecule has 1 fully saturated rings. The number of H-pyrrole nitrogens is 1. The Kier molecular flexibility index (Phi) is 7.32. The van der Waals surface area contributed by atoms with E-state index < -0.39 is 16.1 Å². The van der Waals surface area contributed by atoms with E-state index in [1.165, 1.54) is 5.56 Å². The van der Waals surface area contributed by atoms with Gasteiger partial charge in [0.1, 0.15) is 12.4 Å². The standard InChI is InChI=1S/C33H28Cl2N4O3S/c1-33(2,3)24-12-8-21(9-13-24)20-4-6-23(7-5-20)32-36-30(31(37-32)27-17-14-25(34)18-28(27)35)22-10-15-26(16-11-22)39-19-29(40)38-43(39,41)42/h4-18H,19H2,1-3H3,(H,36,37)(H,38,40). The van der Waals surface area contributed by atoms with Crippen LogP contribution in [-0.2, 0) is 20.4 Å². The van der Waals surface area contributed by atoms with Crippen molar-refractivity contribution in [2.45, 2.75) is 26.2 Å². The molecule has 0 bridgehead atoms. The number of carbonyl (C=O) groups is 1. The van der Waals surface area contributed by atoms with Gasteiger partial charge in [-0.05, 0) is 52.4 Å². The summed E-state index contributed by atoms with van der Waals surface area (Å²) in [7, 11) is -3.91. The normalized spacial score (nSPS) is 14.6. The summed E-state index contributed by atoms with van der Waals surface area (Å²) < 4.78 is 27.6. The Morgan fingerprint density at radius 2 is 1.37 bits per heavy atom. The molecule has 10 heteroatoms. The summed E-state index contributed by atoms with van der Waals surface area (Å²) in [4.78, 5) is 20.1. The van der Waals surface area contributed by atoms with Crippen molar-refractivity contribution in [3.05, 3.63) is 107 Å². The van der Waals surface area contributed by atoms with Gasteiger partial charge >= 0.3 is 10.2 Å². The molecule has 0 radical (unpaired) electrons. The lowest BCUT2D eigenvalue weighted by Crippen LogP contribution is -2.29. The third-order valence-electron chi connectivity index (χ3n) is 7.40. The summed E-state index contributed by atoms with van der Waals surface area (Å²) in [5.74, 6) is 0.0697. The van der Waals surface area contributed by atoms with Crippen molar-refractivity contribution in [2.24, 2.45) is 0 Å². The van der Waals surface area contributed by atoms with Gasteiger partial charge in [0.2, 0.25) is 0 Å². The zero-order chi connectivity index (χ0) is 30.5. The molecule has 1 amide bonds. The third-order valence-corrected chi connectivity index (χ3v) is 9.35. The van der Waals surface area contributed by atoms with Crippen molar-refractivity contribution in [3.63, 3.8) is 0 Å². The van der Waals surface area contributed by atoms with E-state index in [1.807, 2.05) is 22.9 Å². The zero-order valence-corrected chi connectivity index (χ0v) is 26.0. The molecule has 4 aromatic carbocycles. The molecule has 2 N–H and O–H groups in total. The van der Waals surface area contributed by atoms with Gasteiger partial charge in [0.05, 0.1) is 22.1 Å². The van der Waals surface area contributed by atoms with E-state index in [9.17, 15) is 13.2 Å². The molecule has 218 valence electrons. The Morgan fingerprint density at radius 3 is 1.93 bits per heavy atom. The van der Waals surface area contributed by atoms with Gasteiger partial charge in [-0.2, -0.15) is 8.42 Å². The molecule has 0 spiro atoms. The smallest absolute Gasteiger partial charge is 0.326 e. The predicted molar refractivity (Wildman–Crippen MR) is 173 cm³/mol. The highest BCUT2D eigenvalue weighted by atomic mass is 35.5. The SMILES string of the molecule is CC(C)(C)c1ccc(-c2ccc(-c3nc(-c4ccc(N5CC(=O)NS5(=O)=O)cc4)c(-c4ccc(Cl)cc4Cl)[nH]3)cc2)cc1. The number of nitrogens with one attached hydrogen (secondary N) is 2. The molecule has 1 saturated heterocycles. The van der Waals surface area contributed by atoms with Crippen LogP contribution in [0.25, 0.3) is 45.0 Å². The Labute approximate surface area is 260 Å². The maximum atomic E-state index is 12.3. The number of benzene rings is 4. The monoisotopic (exact) mass is 630 g/mol. The number of imidazole rings is 1. The first-order valence-electron chi connectivity index (χ1n) is 13.6. The molecule has 7 nitrogen and oxygen atoms in total. The minimum absolute atomic E-state index is 0.0898. The van der Waals surface area contributed by atoms with Gasteiger partial charge in [-0.15, -0.1) is 0 Å². The van der Waals surface area contributed by atoms with Crippen LogP contribution in [0.5, 0.6) is 0 Å². The highest BCUT2D eigenvalue weighted by Crippen LogP contribution is 2.38. The molecule has 2 heterocycles. The van der Waals surface area contributed by atoms with Crippen LogP contribution in [0.15, 0.2) is 91.0 Å². The van der Waals surface area contributed by atoms with Crippen molar-refractivity contribution in [3.8, 4) is 45.0 Å². The summed E-state index contributed by atoms with van der Waals surface area (Å²) in [5, 5.41) is 0.975. The molecular weight excluding hydrogens is 603 g/mol. The van der Waals surface area contributed by atoms with Crippen LogP contribution in [0.2, 0.25) is 10.0 Å². The fraction of sp³-hybridized carbons (Fsp3) is 0.152. The van der Waals surface area contributed by atoms with E-state index in [1.54, 1.807) is 36.4 Å². The van der Waals surface area contributed by atoms with Crippen molar-refractivity contribution >= 4 is 45.0 Å². The number of anilines is 1. The van der Waals surface area contributed by atoms with E-state index in [2.05, 4.69) is 62.2 Å². The molecule has 0 aliphatic carbocycles. The number of hydrogen-bond donors (Lipinski definition) is 2. The lowest BCUT2D eigenvalue weighted by atomic mass is 9.86. The number of carbonyl (C=O) groups excluding carboxylic acids is 1. The Balaban J connectivity index is 1.37. The number of rotatable bonds is 5. The highest BCUT2D eigenvalue weighted by molar-refractivity contribution is 7.92. The molecule has 0 saturated carbocycles. The molecule has 6 rings (SSSR count). The number of hydrogen-bond acceptors (Lipinski definition) is 4. The lowest BCUT2D eigenvalue weighted by molar-refractivity contribution is -0.117.